The summed E-state index contributed by atoms with van der Waals surface area (Å²) in [5, 5.41) is 8.58. The summed E-state index contributed by atoms with van der Waals surface area (Å²) < 4.78 is 4.66. The molecule has 1 rings (SSSR count). The van der Waals surface area contributed by atoms with E-state index < -0.39 is 5.97 Å². The Labute approximate surface area is 88.7 Å². The number of carbonyl (C=O) groups excluding carboxylic acids is 1. The maximum atomic E-state index is 11.4. The predicted molar refractivity (Wildman–Crippen MR) is 56.7 cm³/mol. The Kier molecular flexibility index (Phi) is 3.69. The normalized spacial score (nSPS) is 9.13. The Morgan fingerprint density at radius 2 is 2.20 bits per heavy atom. The van der Waals surface area contributed by atoms with Crippen LogP contribution < -0.4 is 4.90 Å². The lowest BCUT2D eigenvalue weighted by atomic mass is 10.1. The summed E-state index contributed by atoms with van der Waals surface area (Å²) in [5.74, 6) is -0.393. The average Bonchev–Trinajstić information content (AvgIpc) is 2.28. The fourth-order valence-electron chi connectivity index (χ4n) is 1.28. The van der Waals surface area contributed by atoms with Crippen LogP contribution in [0.3, 0.4) is 0 Å². The van der Waals surface area contributed by atoms with Crippen molar-refractivity contribution in [2.45, 2.75) is 0 Å². The number of hydrogen-bond donors (Lipinski definition) is 0. The summed E-state index contributed by atoms with van der Waals surface area (Å²) in [6.07, 6.45) is 0. The van der Waals surface area contributed by atoms with Crippen molar-refractivity contribution < 1.29 is 9.53 Å². The van der Waals surface area contributed by atoms with Gasteiger partial charge in [-0.15, -0.1) is 0 Å². The monoisotopic (exact) mass is 204 g/mol. The second kappa shape index (κ2) is 5.01. The lowest BCUT2D eigenvalue weighted by Gasteiger charge is -2.17. The van der Waals surface area contributed by atoms with E-state index in [1.165, 1.54) is 7.11 Å². The molecule has 0 aliphatic carbocycles. The van der Waals surface area contributed by atoms with Crippen LogP contribution in [0, 0.1) is 11.3 Å². The number of anilines is 1. The molecule has 0 N–H and O–H groups in total. The first-order chi connectivity index (χ1) is 7.20. The second-order valence-corrected chi connectivity index (χ2v) is 3.02. The fourth-order valence-corrected chi connectivity index (χ4v) is 1.28. The number of hydrogen-bond acceptors (Lipinski definition) is 4. The minimum Gasteiger partial charge on any atom is -0.465 e. The molecule has 78 valence electrons. The highest BCUT2D eigenvalue weighted by atomic mass is 16.5. The Hall–Kier alpha value is -2.02. The molecule has 15 heavy (non-hydrogen) atoms. The van der Waals surface area contributed by atoms with Crippen molar-refractivity contribution >= 4 is 11.7 Å². The first-order valence-electron chi connectivity index (χ1n) is 4.46. The molecule has 0 fully saturated rings. The van der Waals surface area contributed by atoms with Crippen LogP contribution >= 0.6 is 0 Å². The molecule has 0 spiro atoms. The summed E-state index contributed by atoms with van der Waals surface area (Å²) in [4.78, 5) is 13.1. The van der Waals surface area contributed by atoms with Crippen molar-refractivity contribution in [2.24, 2.45) is 0 Å². The maximum absolute atomic E-state index is 11.4. The third-order valence-corrected chi connectivity index (χ3v) is 2.03. The molecule has 0 saturated heterocycles. The summed E-state index contributed by atoms with van der Waals surface area (Å²) in [7, 11) is 3.09. The van der Waals surface area contributed by atoms with Gasteiger partial charge in [-0.05, 0) is 12.1 Å². The van der Waals surface area contributed by atoms with E-state index >= 15 is 0 Å². The number of carbonyl (C=O) groups is 1. The molecule has 1 aromatic rings. The summed E-state index contributed by atoms with van der Waals surface area (Å²) in [6.45, 7) is 0.230. The van der Waals surface area contributed by atoms with Crippen molar-refractivity contribution in [1.29, 1.82) is 5.26 Å². The van der Waals surface area contributed by atoms with Crippen LogP contribution in [0.5, 0.6) is 0 Å². The van der Waals surface area contributed by atoms with E-state index in [0.29, 0.717) is 11.3 Å². The van der Waals surface area contributed by atoms with E-state index in [9.17, 15) is 4.79 Å². The first-order valence-corrected chi connectivity index (χ1v) is 4.46. The molecule has 0 aromatic heterocycles. The van der Waals surface area contributed by atoms with Gasteiger partial charge in [0.15, 0.2) is 0 Å². The lowest BCUT2D eigenvalue weighted by molar-refractivity contribution is 0.0601. The third-order valence-electron chi connectivity index (χ3n) is 2.03. The van der Waals surface area contributed by atoms with Crippen molar-refractivity contribution in [3.63, 3.8) is 0 Å². The van der Waals surface area contributed by atoms with Crippen LogP contribution in [-0.4, -0.2) is 26.7 Å². The molecule has 0 aliphatic heterocycles. The second-order valence-electron chi connectivity index (χ2n) is 3.02. The van der Waals surface area contributed by atoms with Gasteiger partial charge in [-0.3, -0.25) is 0 Å². The molecule has 4 heteroatoms. The molecule has 0 unspecified atom stereocenters. The maximum Gasteiger partial charge on any atom is 0.339 e. The number of benzene rings is 1. The molecule has 0 amide bonds. The smallest absolute Gasteiger partial charge is 0.339 e. The molecular weight excluding hydrogens is 192 g/mol. The highest BCUT2D eigenvalue weighted by Crippen LogP contribution is 2.19. The Morgan fingerprint density at radius 3 is 2.80 bits per heavy atom. The van der Waals surface area contributed by atoms with Gasteiger partial charge < -0.3 is 9.64 Å². The van der Waals surface area contributed by atoms with Crippen LogP contribution in [0.1, 0.15) is 10.4 Å². The van der Waals surface area contributed by atoms with E-state index in [1.807, 2.05) is 12.1 Å². The van der Waals surface area contributed by atoms with Crippen molar-refractivity contribution in [3.05, 3.63) is 29.8 Å². The number of nitrogens with zero attached hydrogens (tertiary/aromatic N) is 2. The number of para-hydroxylation sites is 1. The first kappa shape index (κ1) is 11.1. The van der Waals surface area contributed by atoms with Gasteiger partial charge >= 0.3 is 5.97 Å². The zero-order chi connectivity index (χ0) is 11.3. The van der Waals surface area contributed by atoms with Crippen LogP contribution in [0.4, 0.5) is 5.69 Å². The topological polar surface area (TPSA) is 53.3 Å². The molecular formula is C11H12N2O2. The molecule has 0 bridgehead atoms. The molecule has 0 atom stereocenters. The standard InChI is InChI=1S/C11H12N2O2/c1-13(8-7-12)10-6-4-3-5-9(10)11(14)15-2/h3-6H,8H2,1-2H3. The summed E-state index contributed by atoms with van der Waals surface area (Å²) in [5.41, 5.74) is 1.17. The Balaban J connectivity index is 3.07. The van der Waals surface area contributed by atoms with Gasteiger partial charge in [0.25, 0.3) is 0 Å². The van der Waals surface area contributed by atoms with Gasteiger partial charge in [-0.2, -0.15) is 5.26 Å². The van der Waals surface area contributed by atoms with Gasteiger partial charge in [-0.1, -0.05) is 12.1 Å². The van der Waals surface area contributed by atoms with Gasteiger partial charge in [0.05, 0.1) is 24.4 Å². The van der Waals surface area contributed by atoms with Gasteiger partial charge in [0.1, 0.15) is 6.54 Å². The molecule has 4 nitrogen and oxygen atoms in total. The van der Waals surface area contributed by atoms with E-state index in [4.69, 9.17) is 5.26 Å². The zero-order valence-electron chi connectivity index (χ0n) is 8.73. The molecule has 1 aromatic carbocycles. The van der Waals surface area contributed by atoms with Crippen molar-refractivity contribution in [1.82, 2.24) is 0 Å². The van der Waals surface area contributed by atoms with Crippen molar-refractivity contribution in [3.8, 4) is 6.07 Å². The Morgan fingerprint density at radius 1 is 1.53 bits per heavy atom. The van der Waals surface area contributed by atoms with Crippen LogP contribution in [0.15, 0.2) is 24.3 Å². The van der Waals surface area contributed by atoms with E-state index in [0.717, 1.165) is 0 Å². The van der Waals surface area contributed by atoms with Gasteiger partial charge in [0.2, 0.25) is 0 Å². The number of nitriles is 1. The number of esters is 1. The molecule has 0 heterocycles. The summed E-state index contributed by atoms with van der Waals surface area (Å²) >= 11 is 0. The van der Waals surface area contributed by atoms with Gasteiger partial charge in [0, 0.05) is 7.05 Å². The molecule has 0 saturated carbocycles. The van der Waals surface area contributed by atoms with Crippen molar-refractivity contribution in [2.75, 3.05) is 25.6 Å². The lowest BCUT2D eigenvalue weighted by Crippen LogP contribution is -2.20. The third kappa shape index (κ3) is 2.47. The van der Waals surface area contributed by atoms with Crippen LogP contribution in [-0.2, 0) is 4.74 Å². The largest absolute Gasteiger partial charge is 0.465 e. The fraction of sp³-hybridized carbons (Fsp3) is 0.273. The van der Waals surface area contributed by atoms with E-state index in [2.05, 4.69) is 4.74 Å². The quantitative estimate of drug-likeness (QED) is 0.552. The van der Waals surface area contributed by atoms with E-state index in [-0.39, 0.29) is 6.54 Å². The zero-order valence-corrected chi connectivity index (χ0v) is 8.73. The SMILES string of the molecule is COC(=O)c1ccccc1N(C)CC#N. The minimum absolute atomic E-state index is 0.230. The van der Waals surface area contributed by atoms with Crippen LogP contribution in [0.25, 0.3) is 0 Å². The molecule has 0 radical (unpaired) electrons. The highest BCUT2D eigenvalue weighted by molar-refractivity contribution is 5.95. The minimum atomic E-state index is -0.393. The summed E-state index contributed by atoms with van der Waals surface area (Å²) in [6, 6.07) is 9.06. The number of ether oxygens (including phenoxy) is 1. The number of rotatable bonds is 3. The Bertz CT molecular complexity index is 396. The van der Waals surface area contributed by atoms with Gasteiger partial charge in [-0.25, -0.2) is 4.79 Å². The predicted octanol–water partition coefficient (Wildman–Crippen LogP) is 1.43. The van der Waals surface area contributed by atoms with Crippen LogP contribution in [0.2, 0.25) is 0 Å². The highest BCUT2D eigenvalue weighted by Gasteiger charge is 2.13. The van der Waals surface area contributed by atoms with E-state index in [1.54, 1.807) is 30.1 Å². The average molecular weight is 204 g/mol. The number of methoxy groups -OCH3 is 1. The molecule has 0 aliphatic rings.